The van der Waals surface area contributed by atoms with Crippen LogP contribution in [-0.2, 0) is 4.43 Å². The van der Waals surface area contributed by atoms with Crippen LogP contribution in [0.15, 0.2) is 60.7 Å². The van der Waals surface area contributed by atoms with Gasteiger partial charge in [-0.15, -0.1) is 0 Å². The fraction of sp³-hybridized carbons (Fsp3) is 0.429. The summed E-state index contributed by atoms with van der Waals surface area (Å²) in [5.74, 6) is -3.05. The van der Waals surface area contributed by atoms with E-state index in [1.54, 1.807) is 0 Å². The van der Waals surface area contributed by atoms with Gasteiger partial charge in [-0.25, -0.2) is 8.78 Å². The van der Waals surface area contributed by atoms with Crippen molar-refractivity contribution >= 4 is 18.7 Å². The molecule has 0 unspecified atom stereocenters. The fourth-order valence-electron chi connectivity index (χ4n) is 3.40. The lowest BCUT2D eigenvalue weighted by Crippen LogP contribution is -2.66. The average Bonchev–Trinajstić information content (AvgIpc) is 2.62. The molecule has 0 spiro atoms. The molecule has 2 rings (SSSR count). The molecule has 0 heterocycles. The Bertz CT molecular complexity index is 630. The quantitative estimate of drug-likeness (QED) is 0.556. The molecule has 2 nitrogen and oxygen atoms in total. The van der Waals surface area contributed by atoms with E-state index in [1.165, 1.54) is 0 Å². The van der Waals surface area contributed by atoms with Crippen molar-refractivity contribution in [3.63, 3.8) is 0 Å². The summed E-state index contributed by atoms with van der Waals surface area (Å²) in [6.07, 6.45) is -0.167. The van der Waals surface area contributed by atoms with Gasteiger partial charge in [0.2, 0.25) is 0 Å². The van der Waals surface area contributed by atoms with Crippen LogP contribution < -0.4 is 10.4 Å². The molecular weight excluding hydrogens is 350 g/mol. The van der Waals surface area contributed by atoms with Gasteiger partial charge in [0.1, 0.15) is 6.61 Å². The van der Waals surface area contributed by atoms with Gasteiger partial charge in [0.25, 0.3) is 14.2 Å². The van der Waals surface area contributed by atoms with Gasteiger partial charge in [-0.3, -0.25) is 0 Å². The van der Waals surface area contributed by atoms with Crippen LogP contribution in [0.3, 0.4) is 0 Å². The van der Waals surface area contributed by atoms with Crippen molar-refractivity contribution in [1.82, 2.24) is 0 Å². The minimum Gasteiger partial charge on any atom is -0.407 e. The summed E-state index contributed by atoms with van der Waals surface area (Å²) in [6.45, 7) is 5.58. The summed E-state index contributed by atoms with van der Waals surface area (Å²) >= 11 is 0. The van der Waals surface area contributed by atoms with Crippen LogP contribution in [0.25, 0.3) is 0 Å². The van der Waals surface area contributed by atoms with E-state index in [0.717, 1.165) is 10.4 Å². The molecule has 0 radical (unpaired) electrons. The monoisotopic (exact) mass is 378 g/mol. The van der Waals surface area contributed by atoms with Crippen molar-refractivity contribution in [3.05, 3.63) is 60.7 Å². The van der Waals surface area contributed by atoms with E-state index in [-0.39, 0.29) is 24.5 Å². The zero-order valence-electron chi connectivity index (χ0n) is 15.7. The number of alkyl halides is 2. The zero-order chi connectivity index (χ0) is 19.3. The van der Waals surface area contributed by atoms with Crippen molar-refractivity contribution in [2.75, 3.05) is 13.2 Å². The summed E-state index contributed by atoms with van der Waals surface area (Å²) < 4.78 is 33.2. The second kappa shape index (κ2) is 8.42. The first-order valence-corrected chi connectivity index (χ1v) is 10.9. The molecule has 0 saturated carbocycles. The second-order valence-corrected chi connectivity index (χ2v) is 11.9. The average molecular weight is 379 g/mol. The summed E-state index contributed by atoms with van der Waals surface area (Å²) in [7, 11) is -2.66. The Morgan fingerprint density at radius 3 is 1.73 bits per heavy atom. The SMILES string of the molecule is CC(C)(C)[Si](OCCCC(F)(F)CO)(c1ccccc1)c1ccccc1. The minimum atomic E-state index is -3.05. The maximum atomic E-state index is 13.4. The summed E-state index contributed by atoms with van der Waals surface area (Å²) in [4.78, 5) is 0. The fourth-order valence-corrected chi connectivity index (χ4v) is 8.00. The molecule has 26 heavy (non-hydrogen) atoms. The predicted octanol–water partition coefficient (Wildman–Crippen LogP) is 3.97. The number of benzene rings is 2. The zero-order valence-corrected chi connectivity index (χ0v) is 16.7. The lowest BCUT2D eigenvalue weighted by Gasteiger charge is -2.43. The molecule has 2 aromatic rings. The Morgan fingerprint density at radius 1 is 0.885 bits per heavy atom. The molecule has 0 bridgehead atoms. The minimum absolute atomic E-state index is 0.171. The van der Waals surface area contributed by atoms with E-state index in [2.05, 4.69) is 45.0 Å². The van der Waals surface area contributed by atoms with E-state index < -0.39 is 20.8 Å². The predicted molar refractivity (Wildman–Crippen MR) is 105 cm³/mol. The molecule has 2 aromatic carbocycles. The van der Waals surface area contributed by atoms with Gasteiger partial charge in [0.05, 0.1) is 0 Å². The number of hydrogen-bond donors (Lipinski definition) is 1. The first-order valence-electron chi connectivity index (χ1n) is 8.97. The number of hydrogen-bond acceptors (Lipinski definition) is 2. The van der Waals surface area contributed by atoms with Crippen LogP contribution in [0, 0.1) is 0 Å². The maximum Gasteiger partial charge on any atom is 0.270 e. The molecule has 0 aliphatic heterocycles. The molecule has 0 atom stereocenters. The molecule has 0 aliphatic carbocycles. The Balaban J connectivity index is 2.38. The van der Waals surface area contributed by atoms with E-state index in [1.807, 2.05) is 36.4 Å². The number of aliphatic hydroxyl groups is 1. The Labute approximate surface area is 156 Å². The lowest BCUT2D eigenvalue weighted by molar-refractivity contribution is -0.0593. The molecule has 0 amide bonds. The number of halogens is 2. The summed E-state index contributed by atoms with van der Waals surface area (Å²) in [6, 6.07) is 20.2. The number of aliphatic hydroxyl groups excluding tert-OH is 1. The molecule has 0 aromatic heterocycles. The molecular formula is C21H28F2O2Si. The normalized spacial score (nSPS) is 13.0. The molecule has 0 saturated heterocycles. The highest BCUT2D eigenvalue weighted by atomic mass is 28.4. The first kappa shape index (κ1) is 20.7. The van der Waals surface area contributed by atoms with Gasteiger partial charge in [0, 0.05) is 13.0 Å². The van der Waals surface area contributed by atoms with E-state index in [9.17, 15) is 8.78 Å². The van der Waals surface area contributed by atoms with Gasteiger partial charge < -0.3 is 9.53 Å². The number of rotatable bonds is 8. The lowest BCUT2D eigenvalue weighted by atomic mass is 10.2. The summed E-state index contributed by atoms with van der Waals surface area (Å²) in [5, 5.41) is 10.8. The standard InChI is InChI=1S/C21H28F2O2Si/c1-20(2,3)26(18-11-6-4-7-12-18,19-13-8-5-9-14-19)25-16-10-15-21(22,23)17-24/h4-9,11-14,24H,10,15-17H2,1-3H3. The Morgan fingerprint density at radius 2 is 1.35 bits per heavy atom. The Hall–Kier alpha value is -1.56. The van der Waals surface area contributed by atoms with E-state index in [0.29, 0.717) is 0 Å². The van der Waals surface area contributed by atoms with Gasteiger partial charge in [-0.05, 0) is 21.8 Å². The van der Waals surface area contributed by atoms with Gasteiger partial charge in [0.15, 0.2) is 0 Å². The molecule has 1 N–H and O–H groups in total. The van der Waals surface area contributed by atoms with Crippen LogP contribution in [0.4, 0.5) is 8.78 Å². The van der Waals surface area contributed by atoms with Crippen molar-refractivity contribution in [2.24, 2.45) is 0 Å². The van der Waals surface area contributed by atoms with E-state index in [4.69, 9.17) is 9.53 Å². The smallest absolute Gasteiger partial charge is 0.270 e. The highest BCUT2D eigenvalue weighted by Gasteiger charge is 2.50. The summed E-state index contributed by atoms with van der Waals surface area (Å²) in [5.41, 5.74) is 0. The third-order valence-corrected chi connectivity index (χ3v) is 9.70. The first-order chi connectivity index (χ1) is 12.2. The second-order valence-electron chi connectivity index (χ2n) is 7.63. The van der Waals surface area contributed by atoms with Crippen molar-refractivity contribution in [3.8, 4) is 0 Å². The largest absolute Gasteiger partial charge is 0.407 e. The van der Waals surface area contributed by atoms with E-state index >= 15 is 0 Å². The molecule has 0 fully saturated rings. The Kier molecular flexibility index (Phi) is 6.72. The van der Waals surface area contributed by atoms with Crippen molar-refractivity contribution < 1.29 is 18.3 Å². The molecule has 0 aliphatic rings. The molecule has 5 heteroatoms. The molecule has 142 valence electrons. The van der Waals surface area contributed by atoms with Crippen LogP contribution in [0.5, 0.6) is 0 Å². The van der Waals surface area contributed by atoms with Crippen LogP contribution >= 0.6 is 0 Å². The topological polar surface area (TPSA) is 29.5 Å². The van der Waals surface area contributed by atoms with Crippen LogP contribution in [0.2, 0.25) is 5.04 Å². The van der Waals surface area contributed by atoms with Crippen molar-refractivity contribution in [2.45, 2.75) is 44.6 Å². The highest BCUT2D eigenvalue weighted by molar-refractivity contribution is 6.99. The van der Waals surface area contributed by atoms with Crippen LogP contribution in [0.1, 0.15) is 33.6 Å². The van der Waals surface area contributed by atoms with Gasteiger partial charge >= 0.3 is 0 Å². The maximum absolute atomic E-state index is 13.4. The third-order valence-electron chi connectivity index (χ3n) is 4.65. The third kappa shape index (κ3) is 4.58. The highest BCUT2D eigenvalue weighted by Crippen LogP contribution is 2.37. The van der Waals surface area contributed by atoms with Gasteiger partial charge in [-0.2, -0.15) is 0 Å². The van der Waals surface area contributed by atoms with Crippen LogP contribution in [-0.4, -0.2) is 32.6 Å². The van der Waals surface area contributed by atoms with Gasteiger partial charge in [-0.1, -0.05) is 81.4 Å². The van der Waals surface area contributed by atoms with Crippen molar-refractivity contribution in [1.29, 1.82) is 0 Å².